The zero-order chi connectivity index (χ0) is 17.9. The summed E-state index contributed by atoms with van der Waals surface area (Å²) in [6, 6.07) is 8.38. The lowest BCUT2D eigenvalue weighted by Gasteiger charge is -2.31. The van der Waals surface area contributed by atoms with Gasteiger partial charge in [0.1, 0.15) is 0 Å². The summed E-state index contributed by atoms with van der Waals surface area (Å²) in [5.74, 6) is 0. The van der Waals surface area contributed by atoms with Crippen molar-refractivity contribution in [2.24, 2.45) is 7.05 Å². The Kier molecular flexibility index (Phi) is 5.32. The van der Waals surface area contributed by atoms with E-state index in [9.17, 15) is 4.79 Å². The molecule has 0 aliphatic carbocycles. The minimum absolute atomic E-state index is 0.113. The molecule has 5 nitrogen and oxygen atoms in total. The second kappa shape index (κ2) is 7.07. The number of urea groups is 1. The molecule has 2 aromatic rings. The fraction of sp³-hybridized carbons (Fsp3) is 0.474. The molecule has 2 rings (SSSR count). The Balaban J connectivity index is 2.06. The lowest BCUT2D eigenvalue weighted by Crippen LogP contribution is -2.40. The molecule has 0 unspecified atom stereocenters. The molecule has 0 bridgehead atoms. The number of carbonyl (C=O) groups is 1. The lowest BCUT2D eigenvalue weighted by atomic mass is 9.84. The molecule has 130 valence electrons. The summed E-state index contributed by atoms with van der Waals surface area (Å²) in [5, 5.41) is 7.32. The minimum Gasteiger partial charge on any atom is -0.327 e. The van der Waals surface area contributed by atoms with Crippen LogP contribution in [0, 0.1) is 6.92 Å². The van der Waals surface area contributed by atoms with Crippen LogP contribution in [0.25, 0.3) is 0 Å². The van der Waals surface area contributed by atoms with E-state index in [0.717, 1.165) is 17.8 Å². The normalized spacial score (nSPS) is 11.4. The average molecular weight is 328 g/mol. The Morgan fingerprint density at radius 1 is 1.29 bits per heavy atom. The smallest absolute Gasteiger partial charge is 0.321 e. The van der Waals surface area contributed by atoms with E-state index in [2.05, 4.69) is 55.5 Å². The first kappa shape index (κ1) is 18.0. The van der Waals surface area contributed by atoms with Gasteiger partial charge in [-0.1, -0.05) is 50.6 Å². The molecule has 2 amide bonds. The van der Waals surface area contributed by atoms with E-state index >= 15 is 0 Å². The number of carbonyl (C=O) groups excluding carboxylic acids is 1. The number of aryl methyl sites for hydroxylation is 3. The van der Waals surface area contributed by atoms with Gasteiger partial charge < -0.3 is 10.2 Å². The fourth-order valence-electron chi connectivity index (χ4n) is 2.87. The third-order valence-corrected chi connectivity index (χ3v) is 4.29. The van der Waals surface area contributed by atoms with Gasteiger partial charge >= 0.3 is 6.03 Å². The number of aromatic nitrogens is 2. The number of hydrogen-bond acceptors (Lipinski definition) is 2. The summed E-state index contributed by atoms with van der Waals surface area (Å²) in [6.45, 7) is 9.05. The van der Waals surface area contributed by atoms with Crippen LogP contribution in [-0.2, 0) is 18.9 Å². The van der Waals surface area contributed by atoms with Gasteiger partial charge in [-0.3, -0.25) is 4.68 Å². The Bertz CT molecular complexity index is 701. The van der Waals surface area contributed by atoms with Gasteiger partial charge in [0.25, 0.3) is 0 Å². The maximum Gasteiger partial charge on any atom is 0.321 e. The van der Waals surface area contributed by atoms with Crippen LogP contribution in [0.15, 0.2) is 30.5 Å². The van der Waals surface area contributed by atoms with Gasteiger partial charge in [-0.15, -0.1) is 0 Å². The van der Waals surface area contributed by atoms with E-state index in [1.807, 2.05) is 27.2 Å². The van der Waals surface area contributed by atoms with Crippen molar-refractivity contribution < 1.29 is 4.79 Å². The third kappa shape index (κ3) is 4.16. The van der Waals surface area contributed by atoms with Gasteiger partial charge in [0.05, 0.1) is 11.4 Å². The Labute approximate surface area is 144 Å². The molecular formula is C19H28N4O. The van der Waals surface area contributed by atoms with Gasteiger partial charge in [0, 0.05) is 32.3 Å². The Morgan fingerprint density at radius 3 is 2.50 bits per heavy atom. The largest absolute Gasteiger partial charge is 0.327 e. The summed E-state index contributed by atoms with van der Waals surface area (Å²) in [7, 11) is 3.69. The molecule has 0 radical (unpaired) electrons. The van der Waals surface area contributed by atoms with Crippen molar-refractivity contribution in [1.29, 1.82) is 0 Å². The Morgan fingerprint density at radius 2 is 1.92 bits per heavy atom. The van der Waals surface area contributed by atoms with Crippen LogP contribution >= 0.6 is 0 Å². The van der Waals surface area contributed by atoms with Crippen LogP contribution in [0.3, 0.4) is 0 Å². The van der Waals surface area contributed by atoms with Crippen LogP contribution in [0.4, 0.5) is 10.5 Å². The molecule has 0 saturated heterocycles. The van der Waals surface area contributed by atoms with Crippen molar-refractivity contribution in [3.8, 4) is 0 Å². The number of hydrogen-bond donors (Lipinski definition) is 1. The highest BCUT2D eigenvalue weighted by Crippen LogP contribution is 2.25. The van der Waals surface area contributed by atoms with Gasteiger partial charge in [-0.2, -0.15) is 5.10 Å². The van der Waals surface area contributed by atoms with Crippen LogP contribution < -0.4 is 5.32 Å². The maximum atomic E-state index is 12.5. The summed E-state index contributed by atoms with van der Waals surface area (Å²) < 4.78 is 1.73. The van der Waals surface area contributed by atoms with Crippen LogP contribution in [0.5, 0.6) is 0 Å². The van der Waals surface area contributed by atoms with E-state index in [-0.39, 0.29) is 11.4 Å². The second-order valence-electron chi connectivity index (χ2n) is 7.05. The van der Waals surface area contributed by atoms with Crippen molar-refractivity contribution in [3.05, 3.63) is 47.3 Å². The highest BCUT2D eigenvalue weighted by Gasteiger charge is 2.25. The molecule has 1 aromatic heterocycles. The molecule has 1 aromatic carbocycles. The average Bonchev–Trinajstić information content (AvgIpc) is 2.86. The number of amides is 2. The van der Waals surface area contributed by atoms with E-state index in [1.54, 1.807) is 9.58 Å². The van der Waals surface area contributed by atoms with E-state index in [1.165, 1.54) is 11.1 Å². The predicted molar refractivity (Wildman–Crippen MR) is 98.4 cm³/mol. The molecule has 24 heavy (non-hydrogen) atoms. The molecule has 0 aliphatic heterocycles. The van der Waals surface area contributed by atoms with E-state index in [0.29, 0.717) is 6.54 Å². The van der Waals surface area contributed by atoms with Crippen LogP contribution in [-0.4, -0.2) is 34.3 Å². The first-order valence-electron chi connectivity index (χ1n) is 8.34. The topological polar surface area (TPSA) is 50.2 Å². The summed E-state index contributed by atoms with van der Waals surface area (Å²) in [4.78, 5) is 14.3. The van der Waals surface area contributed by atoms with Crippen molar-refractivity contribution in [1.82, 2.24) is 14.7 Å². The minimum atomic E-state index is -0.123. The summed E-state index contributed by atoms with van der Waals surface area (Å²) >= 11 is 0. The zero-order valence-corrected chi connectivity index (χ0v) is 15.6. The van der Waals surface area contributed by atoms with Crippen molar-refractivity contribution in [2.75, 3.05) is 18.9 Å². The molecular weight excluding hydrogens is 300 g/mol. The highest BCUT2D eigenvalue weighted by atomic mass is 16.2. The monoisotopic (exact) mass is 328 g/mol. The van der Waals surface area contributed by atoms with E-state index < -0.39 is 0 Å². The van der Waals surface area contributed by atoms with Gasteiger partial charge in [0.15, 0.2) is 0 Å². The number of nitrogens with zero attached hydrogens (tertiary/aromatic N) is 3. The SMILES string of the molecule is CCc1nn(C)cc1NC(=O)N(C)CC(C)(C)c1ccc(C)cc1. The van der Waals surface area contributed by atoms with Crippen molar-refractivity contribution in [2.45, 2.75) is 39.5 Å². The summed E-state index contributed by atoms with van der Waals surface area (Å²) in [5.41, 5.74) is 4.03. The maximum absolute atomic E-state index is 12.5. The molecule has 0 atom stereocenters. The summed E-state index contributed by atoms with van der Waals surface area (Å²) in [6.07, 6.45) is 2.63. The lowest BCUT2D eigenvalue weighted by molar-refractivity contribution is 0.212. The number of nitrogens with one attached hydrogen (secondary N) is 1. The second-order valence-corrected chi connectivity index (χ2v) is 7.05. The molecule has 0 spiro atoms. The molecule has 1 heterocycles. The number of anilines is 1. The standard InChI is InChI=1S/C19H28N4O/c1-7-16-17(12-23(6)21-16)20-18(24)22(5)13-19(3,4)15-10-8-14(2)9-11-15/h8-12H,7,13H2,1-6H3,(H,20,24). The highest BCUT2D eigenvalue weighted by molar-refractivity contribution is 5.89. The first-order valence-corrected chi connectivity index (χ1v) is 8.34. The van der Waals surface area contributed by atoms with Gasteiger partial charge in [-0.25, -0.2) is 4.79 Å². The predicted octanol–water partition coefficient (Wildman–Crippen LogP) is 3.73. The third-order valence-electron chi connectivity index (χ3n) is 4.29. The van der Waals surface area contributed by atoms with Gasteiger partial charge in [0.2, 0.25) is 0 Å². The van der Waals surface area contributed by atoms with Gasteiger partial charge in [-0.05, 0) is 18.9 Å². The fourth-order valence-corrected chi connectivity index (χ4v) is 2.87. The number of rotatable bonds is 5. The molecule has 5 heteroatoms. The quantitative estimate of drug-likeness (QED) is 0.909. The first-order chi connectivity index (χ1) is 11.2. The zero-order valence-electron chi connectivity index (χ0n) is 15.6. The van der Waals surface area contributed by atoms with Crippen LogP contribution in [0.2, 0.25) is 0 Å². The molecule has 1 N–H and O–H groups in total. The number of likely N-dealkylation sites (N-methyl/N-ethyl adjacent to an activating group) is 1. The van der Waals surface area contributed by atoms with E-state index in [4.69, 9.17) is 0 Å². The Hall–Kier alpha value is -2.30. The van der Waals surface area contributed by atoms with Crippen molar-refractivity contribution in [3.63, 3.8) is 0 Å². The molecule has 0 saturated carbocycles. The van der Waals surface area contributed by atoms with Crippen molar-refractivity contribution >= 4 is 11.7 Å². The molecule has 0 fully saturated rings. The van der Waals surface area contributed by atoms with Crippen LogP contribution in [0.1, 0.15) is 37.6 Å². The number of benzene rings is 1. The molecule has 0 aliphatic rings.